The molecule has 2 heterocycles. The summed E-state index contributed by atoms with van der Waals surface area (Å²) in [5.74, 6) is 2.77. The summed E-state index contributed by atoms with van der Waals surface area (Å²) in [6.07, 6.45) is 12.0. The number of hydrogen-bond acceptors (Lipinski definition) is 7. The summed E-state index contributed by atoms with van der Waals surface area (Å²) in [4.78, 5) is 17.8. The Kier molecular flexibility index (Phi) is 8.64. The number of alkyl carbamates (subject to hydrolysis) is 1. The van der Waals surface area contributed by atoms with E-state index >= 15 is 0 Å². The molecule has 7 rings (SSSR count). The summed E-state index contributed by atoms with van der Waals surface area (Å²) in [5.41, 5.74) is 0.341. The van der Waals surface area contributed by atoms with Crippen LogP contribution in [0, 0.1) is 45.3 Å². The average Bonchev–Trinajstić information content (AvgIpc) is 3.57. The van der Waals surface area contributed by atoms with Gasteiger partial charge in [-0.1, -0.05) is 20.8 Å². The highest BCUT2D eigenvalue weighted by Crippen LogP contribution is 2.87. The molecule has 1 amide bonds. The molecule has 262 valence electrons. The van der Waals surface area contributed by atoms with Gasteiger partial charge in [-0.05, 0) is 132 Å². The lowest BCUT2D eigenvalue weighted by atomic mass is 9.46. The number of rotatable bonds is 8. The van der Waals surface area contributed by atoms with Gasteiger partial charge in [0.25, 0.3) is 0 Å². The second-order valence-corrected chi connectivity index (χ2v) is 18.3. The van der Waals surface area contributed by atoms with Crippen LogP contribution < -0.4 is 5.32 Å². The van der Waals surface area contributed by atoms with Crippen molar-refractivity contribution in [2.45, 2.75) is 136 Å². The smallest absolute Gasteiger partial charge is 0.407 e. The van der Waals surface area contributed by atoms with Gasteiger partial charge in [0.05, 0.1) is 17.8 Å². The van der Waals surface area contributed by atoms with Crippen molar-refractivity contribution < 1.29 is 24.1 Å². The normalized spacial score (nSPS) is 45.8. The molecule has 7 aliphatic rings. The SMILES string of the molecule is CCO[C@@H](C1CCC2C(CC3C4CCC5C(C)(C)[C@@H](OC(=O)NCCN6CCN(C)CC6)CCC56C[C@@]46CCC23C)O1)C(C)(C)O. The number of fused-ring (bicyclic) bond motifs is 4. The highest BCUT2D eigenvalue weighted by molar-refractivity contribution is 5.67. The van der Waals surface area contributed by atoms with Crippen molar-refractivity contribution in [3.63, 3.8) is 0 Å². The number of likely N-dealkylation sites (N-methyl/N-ethyl adjacent to an activating group) is 1. The van der Waals surface area contributed by atoms with E-state index in [1.807, 2.05) is 20.8 Å². The van der Waals surface area contributed by atoms with Gasteiger partial charge in [-0.3, -0.25) is 4.90 Å². The largest absolute Gasteiger partial charge is 0.446 e. The van der Waals surface area contributed by atoms with Crippen molar-refractivity contribution >= 4 is 6.09 Å². The van der Waals surface area contributed by atoms with Crippen LogP contribution in [0.25, 0.3) is 0 Å². The van der Waals surface area contributed by atoms with E-state index in [0.29, 0.717) is 41.2 Å². The maximum atomic E-state index is 13.0. The first kappa shape index (κ1) is 33.6. The molecule has 11 atom stereocenters. The number of nitrogens with one attached hydrogen (secondary N) is 1. The summed E-state index contributed by atoms with van der Waals surface area (Å²) >= 11 is 0. The Morgan fingerprint density at radius 3 is 2.43 bits per heavy atom. The molecule has 0 aromatic heterocycles. The molecule has 8 nitrogen and oxygen atoms in total. The summed E-state index contributed by atoms with van der Waals surface area (Å²) in [5, 5.41) is 14.0. The molecule has 8 unspecified atom stereocenters. The first-order valence-electron chi connectivity index (χ1n) is 19.1. The van der Waals surface area contributed by atoms with Gasteiger partial charge in [0.2, 0.25) is 0 Å². The Morgan fingerprint density at radius 1 is 0.978 bits per heavy atom. The highest BCUT2D eigenvalue weighted by atomic mass is 16.6. The van der Waals surface area contributed by atoms with Crippen LogP contribution in [0.2, 0.25) is 0 Å². The number of aliphatic hydroxyl groups is 1. The topological polar surface area (TPSA) is 83.5 Å². The predicted molar refractivity (Wildman–Crippen MR) is 179 cm³/mol. The van der Waals surface area contributed by atoms with Gasteiger partial charge in [-0.25, -0.2) is 4.79 Å². The van der Waals surface area contributed by atoms with Crippen LogP contribution in [0.15, 0.2) is 0 Å². The third-order valence-corrected chi connectivity index (χ3v) is 15.5. The van der Waals surface area contributed by atoms with E-state index in [1.54, 1.807) is 0 Å². The fraction of sp³-hybridized carbons (Fsp3) is 0.974. The monoisotopic (exact) mass is 643 g/mol. The first-order chi connectivity index (χ1) is 21.7. The molecular weight excluding hydrogens is 578 g/mol. The van der Waals surface area contributed by atoms with Crippen LogP contribution in [-0.4, -0.2) is 104 Å². The van der Waals surface area contributed by atoms with Crippen molar-refractivity contribution in [1.29, 1.82) is 0 Å². The zero-order valence-corrected chi connectivity index (χ0v) is 30.1. The van der Waals surface area contributed by atoms with Gasteiger partial charge in [0, 0.05) is 51.3 Å². The van der Waals surface area contributed by atoms with Gasteiger partial charge >= 0.3 is 6.09 Å². The van der Waals surface area contributed by atoms with E-state index in [1.165, 1.54) is 51.4 Å². The standard InChI is InChI=1S/C38H65N3O5/c1-8-44-32(35(4,5)43)28-11-9-26-29(45-28)23-27-25-10-12-30-34(2,3)31(13-14-38(30)24-37(25,38)16-15-36(26,27)6)46-33(42)39-17-18-41-21-19-40(7)20-22-41/h25-32,43H,8-24H2,1-7H3,(H,39,42)/t25?,26?,27?,28?,29?,30?,31-,32-,36?,37-,38?/m0/s1. The van der Waals surface area contributed by atoms with Crippen LogP contribution in [0.3, 0.4) is 0 Å². The summed E-state index contributed by atoms with van der Waals surface area (Å²) in [6.45, 7) is 19.7. The number of amides is 1. The third-order valence-electron chi connectivity index (χ3n) is 15.5. The Morgan fingerprint density at radius 2 is 1.72 bits per heavy atom. The molecule has 0 aromatic rings. The van der Waals surface area contributed by atoms with Crippen LogP contribution in [0.1, 0.15) is 106 Å². The van der Waals surface area contributed by atoms with E-state index in [4.69, 9.17) is 14.2 Å². The number of ether oxygens (including phenoxy) is 3. The average molecular weight is 644 g/mol. The van der Waals surface area contributed by atoms with Gasteiger partial charge in [0.1, 0.15) is 12.2 Å². The molecule has 0 bridgehead atoms. The maximum absolute atomic E-state index is 13.0. The van der Waals surface area contributed by atoms with E-state index in [9.17, 15) is 9.90 Å². The number of hydrogen-bond donors (Lipinski definition) is 2. The number of carbonyl (C=O) groups excluding carboxylic acids is 1. The predicted octanol–water partition coefficient (Wildman–Crippen LogP) is 5.71. The van der Waals surface area contributed by atoms with Crippen molar-refractivity contribution in [3.8, 4) is 0 Å². The Bertz CT molecular complexity index is 1130. The van der Waals surface area contributed by atoms with E-state index < -0.39 is 5.60 Å². The lowest BCUT2D eigenvalue weighted by molar-refractivity contribution is -0.193. The highest BCUT2D eigenvalue weighted by Gasteiger charge is 2.81. The number of piperazine rings is 1. The van der Waals surface area contributed by atoms with Crippen LogP contribution in [0.4, 0.5) is 4.79 Å². The minimum Gasteiger partial charge on any atom is -0.446 e. The van der Waals surface area contributed by atoms with E-state index in [2.05, 4.69) is 42.9 Å². The molecule has 5 saturated carbocycles. The lowest BCUT2D eigenvalue weighted by Crippen LogP contribution is -2.55. The van der Waals surface area contributed by atoms with E-state index in [0.717, 1.165) is 57.4 Å². The van der Waals surface area contributed by atoms with Crippen molar-refractivity contribution in [2.24, 2.45) is 45.3 Å². The van der Waals surface area contributed by atoms with Crippen molar-refractivity contribution in [3.05, 3.63) is 0 Å². The molecule has 2 spiro atoms. The summed E-state index contributed by atoms with van der Waals surface area (Å²) in [6, 6.07) is 0. The Hall–Kier alpha value is -0.930. The van der Waals surface area contributed by atoms with Crippen molar-refractivity contribution in [2.75, 3.05) is 52.9 Å². The number of carbonyl (C=O) groups is 1. The summed E-state index contributed by atoms with van der Waals surface area (Å²) < 4.78 is 19.3. The molecule has 46 heavy (non-hydrogen) atoms. The number of nitrogens with zero attached hydrogens (tertiary/aromatic N) is 2. The van der Waals surface area contributed by atoms with Gasteiger partial charge in [-0.15, -0.1) is 0 Å². The molecule has 0 radical (unpaired) electrons. The Labute approximate surface area is 279 Å². The molecule has 8 heteroatoms. The second kappa shape index (κ2) is 11.8. The molecule has 2 N–H and O–H groups in total. The lowest BCUT2D eigenvalue weighted by Gasteiger charge is -2.59. The quantitative estimate of drug-likeness (QED) is 0.351. The first-order valence-corrected chi connectivity index (χ1v) is 19.1. The Balaban J connectivity index is 0.989. The minimum absolute atomic E-state index is 0.00630. The molecule has 0 aromatic carbocycles. The molecular formula is C38H65N3O5. The second-order valence-electron chi connectivity index (χ2n) is 18.3. The maximum Gasteiger partial charge on any atom is 0.407 e. The van der Waals surface area contributed by atoms with Crippen molar-refractivity contribution in [1.82, 2.24) is 15.1 Å². The van der Waals surface area contributed by atoms with Gasteiger partial charge in [0.15, 0.2) is 0 Å². The fourth-order valence-corrected chi connectivity index (χ4v) is 13.2. The minimum atomic E-state index is -0.910. The molecule has 7 fully saturated rings. The van der Waals surface area contributed by atoms with Crippen LogP contribution in [0.5, 0.6) is 0 Å². The third kappa shape index (κ3) is 5.29. The summed E-state index contributed by atoms with van der Waals surface area (Å²) in [7, 11) is 2.17. The van der Waals surface area contributed by atoms with Crippen LogP contribution in [-0.2, 0) is 14.2 Å². The molecule has 2 aliphatic heterocycles. The van der Waals surface area contributed by atoms with Gasteiger partial charge < -0.3 is 29.5 Å². The zero-order valence-electron chi connectivity index (χ0n) is 30.1. The fourth-order valence-electron chi connectivity index (χ4n) is 13.2. The molecule has 5 aliphatic carbocycles. The zero-order chi connectivity index (χ0) is 32.7. The van der Waals surface area contributed by atoms with Gasteiger partial charge in [-0.2, -0.15) is 0 Å². The van der Waals surface area contributed by atoms with E-state index in [-0.39, 0.29) is 35.9 Å². The van der Waals surface area contributed by atoms with Crippen LogP contribution >= 0.6 is 0 Å². The molecule has 2 saturated heterocycles.